The van der Waals surface area contributed by atoms with Crippen LogP contribution in [0, 0.1) is 13.8 Å². The third kappa shape index (κ3) is 2.53. The molecule has 1 heterocycles. The van der Waals surface area contributed by atoms with Crippen LogP contribution < -0.4 is 0 Å². The van der Waals surface area contributed by atoms with Crippen molar-refractivity contribution in [3.05, 3.63) is 41.3 Å². The number of oxazole rings is 1. The number of rotatable bonds is 3. The van der Waals surface area contributed by atoms with Crippen molar-refractivity contribution >= 4 is 5.97 Å². The van der Waals surface area contributed by atoms with Crippen LogP contribution in [0.25, 0.3) is 11.5 Å². The number of hydrogen-bond donors (Lipinski definition) is 1. The molecule has 0 saturated heterocycles. The van der Waals surface area contributed by atoms with Crippen LogP contribution >= 0.6 is 0 Å². The van der Waals surface area contributed by atoms with Crippen molar-refractivity contribution in [1.29, 1.82) is 0 Å². The van der Waals surface area contributed by atoms with E-state index in [0.29, 0.717) is 11.6 Å². The van der Waals surface area contributed by atoms with Gasteiger partial charge in [0.2, 0.25) is 5.89 Å². The predicted molar refractivity (Wildman–Crippen MR) is 62.8 cm³/mol. The van der Waals surface area contributed by atoms with E-state index in [9.17, 15) is 4.79 Å². The summed E-state index contributed by atoms with van der Waals surface area (Å²) in [5.41, 5.74) is 3.65. The number of aliphatic carboxylic acids is 1. The van der Waals surface area contributed by atoms with Gasteiger partial charge in [0.25, 0.3) is 0 Å². The SMILES string of the molecule is Cc1ccc(-c2nc(CC(=O)O)co2)cc1C. The van der Waals surface area contributed by atoms with Crippen LogP contribution in [-0.4, -0.2) is 16.1 Å². The number of benzene rings is 1. The lowest BCUT2D eigenvalue weighted by Gasteiger charge is -2.01. The van der Waals surface area contributed by atoms with Gasteiger partial charge in [-0.15, -0.1) is 0 Å². The van der Waals surface area contributed by atoms with Crippen molar-refractivity contribution in [2.24, 2.45) is 0 Å². The second kappa shape index (κ2) is 4.41. The van der Waals surface area contributed by atoms with Gasteiger partial charge in [0.15, 0.2) is 0 Å². The van der Waals surface area contributed by atoms with E-state index in [0.717, 1.165) is 11.1 Å². The molecule has 0 aliphatic heterocycles. The predicted octanol–water partition coefficient (Wildman–Crippen LogP) is 2.59. The van der Waals surface area contributed by atoms with Crippen LogP contribution in [0.3, 0.4) is 0 Å². The molecule has 1 aromatic heterocycles. The van der Waals surface area contributed by atoms with E-state index in [4.69, 9.17) is 9.52 Å². The summed E-state index contributed by atoms with van der Waals surface area (Å²) in [4.78, 5) is 14.7. The lowest BCUT2D eigenvalue weighted by atomic mass is 10.1. The maximum absolute atomic E-state index is 10.5. The number of aryl methyl sites for hydroxylation is 2. The molecular formula is C13H13NO3. The van der Waals surface area contributed by atoms with Crippen LogP contribution in [0.15, 0.2) is 28.9 Å². The summed E-state index contributed by atoms with van der Waals surface area (Å²) in [5, 5.41) is 8.65. The highest BCUT2D eigenvalue weighted by Crippen LogP contribution is 2.21. The van der Waals surface area contributed by atoms with Gasteiger partial charge in [0.05, 0.1) is 12.1 Å². The van der Waals surface area contributed by atoms with Crippen LogP contribution in [-0.2, 0) is 11.2 Å². The van der Waals surface area contributed by atoms with Gasteiger partial charge in [-0.25, -0.2) is 4.98 Å². The van der Waals surface area contributed by atoms with Crippen LogP contribution in [0.1, 0.15) is 16.8 Å². The molecule has 0 spiro atoms. The number of hydrogen-bond acceptors (Lipinski definition) is 3. The summed E-state index contributed by atoms with van der Waals surface area (Å²) in [5.74, 6) is -0.450. The Balaban J connectivity index is 2.30. The standard InChI is InChI=1S/C13H13NO3/c1-8-3-4-10(5-9(8)2)13-14-11(7-17-13)6-12(15)16/h3-5,7H,6H2,1-2H3,(H,15,16). The highest BCUT2D eigenvalue weighted by molar-refractivity contribution is 5.69. The highest BCUT2D eigenvalue weighted by atomic mass is 16.4. The van der Waals surface area contributed by atoms with Crippen molar-refractivity contribution in [3.8, 4) is 11.5 Å². The Morgan fingerprint density at radius 3 is 2.76 bits per heavy atom. The van der Waals surface area contributed by atoms with Crippen LogP contribution in [0.2, 0.25) is 0 Å². The van der Waals surface area contributed by atoms with Gasteiger partial charge in [0.1, 0.15) is 6.26 Å². The zero-order chi connectivity index (χ0) is 12.4. The summed E-state index contributed by atoms with van der Waals surface area (Å²) < 4.78 is 5.27. The van der Waals surface area contributed by atoms with E-state index in [2.05, 4.69) is 4.98 Å². The van der Waals surface area contributed by atoms with Gasteiger partial charge in [-0.3, -0.25) is 4.79 Å². The molecule has 4 heteroatoms. The van der Waals surface area contributed by atoms with Gasteiger partial charge < -0.3 is 9.52 Å². The van der Waals surface area contributed by atoms with E-state index in [1.807, 2.05) is 32.0 Å². The smallest absolute Gasteiger partial charge is 0.309 e. The Hall–Kier alpha value is -2.10. The molecule has 0 aliphatic carbocycles. The van der Waals surface area contributed by atoms with Crippen molar-refractivity contribution in [2.75, 3.05) is 0 Å². The Morgan fingerprint density at radius 2 is 2.12 bits per heavy atom. The largest absolute Gasteiger partial charge is 0.481 e. The topological polar surface area (TPSA) is 63.3 Å². The van der Waals surface area contributed by atoms with E-state index in [1.165, 1.54) is 11.8 Å². The molecule has 0 fully saturated rings. The quantitative estimate of drug-likeness (QED) is 0.881. The molecule has 1 N–H and O–H groups in total. The van der Waals surface area contributed by atoms with Gasteiger partial charge in [0, 0.05) is 5.56 Å². The van der Waals surface area contributed by atoms with E-state index < -0.39 is 5.97 Å². The molecule has 0 unspecified atom stereocenters. The number of aromatic nitrogens is 1. The Kier molecular flexibility index (Phi) is 2.95. The first-order chi connectivity index (χ1) is 8.06. The zero-order valence-electron chi connectivity index (χ0n) is 9.73. The van der Waals surface area contributed by atoms with Crippen molar-refractivity contribution in [1.82, 2.24) is 4.98 Å². The third-order valence-electron chi connectivity index (χ3n) is 2.64. The van der Waals surface area contributed by atoms with Crippen molar-refractivity contribution in [3.63, 3.8) is 0 Å². The molecule has 2 rings (SSSR count). The van der Waals surface area contributed by atoms with E-state index in [1.54, 1.807) is 0 Å². The number of carboxylic acids is 1. The molecule has 2 aromatic rings. The fraction of sp³-hybridized carbons (Fsp3) is 0.231. The first-order valence-electron chi connectivity index (χ1n) is 5.30. The normalized spacial score (nSPS) is 10.5. The minimum absolute atomic E-state index is 0.117. The monoisotopic (exact) mass is 231 g/mol. The summed E-state index contributed by atoms with van der Waals surface area (Å²) in [6, 6.07) is 5.89. The molecule has 88 valence electrons. The first kappa shape index (κ1) is 11.4. The van der Waals surface area contributed by atoms with Crippen molar-refractivity contribution in [2.45, 2.75) is 20.3 Å². The molecular weight excluding hydrogens is 218 g/mol. The lowest BCUT2D eigenvalue weighted by Crippen LogP contribution is -1.99. The van der Waals surface area contributed by atoms with Crippen LogP contribution in [0.5, 0.6) is 0 Å². The number of carboxylic acid groups (broad SMARTS) is 1. The van der Waals surface area contributed by atoms with Gasteiger partial charge in [-0.1, -0.05) is 6.07 Å². The maximum Gasteiger partial charge on any atom is 0.309 e. The van der Waals surface area contributed by atoms with Gasteiger partial charge in [-0.2, -0.15) is 0 Å². The summed E-state index contributed by atoms with van der Waals surface area (Å²) in [6.45, 7) is 4.05. The maximum atomic E-state index is 10.5. The Morgan fingerprint density at radius 1 is 1.35 bits per heavy atom. The molecule has 0 radical (unpaired) electrons. The highest BCUT2D eigenvalue weighted by Gasteiger charge is 2.09. The first-order valence-corrected chi connectivity index (χ1v) is 5.30. The second-order valence-electron chi connectivity index (χ2n) is 4.01. The minimum Gasteiger partial charge on any atom is -0.481 e. The fourth-order valence-corrected chi connectivity index (χ4v) is 1.55. The molecule has 1 aromatic carbocycles. The molecule has 0 bridgehead atoms. The summed E-state index contributed by atoms with van der Waals surface area (Å²) in [6.07, 6.45) is 1.27. The third-order valence-corrected chi connectivity index (χ3v) is 2.64. The molecule has 17 heavy (non-hydrogen) atoms. The molecule has 0 aliphatic rings. The van der Waals surface area contributed by atoms with Crippen LogP contribution in [0.4, 0.5) is 0 Å². The average molecular weight is 231 g/mol. The summed E-state index contributed by atoms with van der Waals surface area (Å²) in [7, 11) is 0. The Labute approximate surface area is 98.9 Å². The van der Waals surface area contributed by atoms with E-state index in [-0.39, 0.29) is 6.42 Å². The molecule has 0 amide bonds. The summed E-state index contributed by atoms with van der Waals surface area (Å²) >= 11 is 0. The molecule has 0 saturated carbocycles. The molecule has 0 atom stereocenters. The second-order valence-corrected chi connectivity index (χ2v) is 4.01. The van der Waals surface area contributed by atoms with Crippen molar-refractivity contribution < 1.29 is 14.3 Å². The Bertz CT molecular complexity index is 558. The zero-order valence-corrected chi connectivity index (χ0v) is 9.73. The number of nitrogens with zero attached hydrogens (tertiary/aromatic N) is 1. The lowest BCUT2D eigenvalue weighted by molar-refractivity contribution is -0.136. The fourth-order valence-electron chi connectivity index (χ4n) is 1.55. The minimum atomic E-state index is -0.912. The van der Waals surface area contributed by atoms with Gasteiger partial charge >= 0.3 is 5.97 Å². The van der Waals surface area contributed by atoms with E-state index >= 15 is 0 Å². The average Bonchev–Trinajstić information content (AvgIpc) is 2.69. The van der Waals surface area contributed by atoms with Gasteiger partial charge in [-0.05, 0) is 37.1 Å². The number of carbonyl (C=O) groups is 1. The molecule has 4 nitrogen and oxygen atoms in total.